The zero-order chi connectivity index (χ0) is 20.0. The largest absolute Gasteiger partial charge is 0.326 e. The predicted molar refractivity (Wildman–Crippen MR) is 107 cm³/mol. The monoisotopic (exact) mass is 386 g/mol. The second-order valence-electron chi connectivity index (χ2n) is 6.95. The maximum absolute atomic E-state index is 14.8. The highest BCUT2D eigenvalue weighted by atomic mass is 19.1. The topological polar surface area (TPSA) is 76.9 Å². The van der Waals surface area contributed by atoms with Gasteiger partial charge in [-0.05, 0) is 47.0 Å². The Morgan fingerprint density at radius 1 is 1.03 bits per heavy atom. The molecule has 142 valence electrons. The highest BCUT2D eigenvalue weighted by Crippen LogP contribution is 2.30. The van der Waals surface area contributed by atoms with Gasteiger partial charge in [0.15, 0.2) is 5.52 Å². The summed E-state index contributed by atoms with van der Waals surface area (Å²) >= 11 is 0. The molecule has 0 aliphatic carbocycles. The van der Waals surface area contributed by atoms with Crippen LogP contribution in [-0.2, 0) is 17.8 Å². The van der Waals surface area contributed by atoms with Crippen LogP contribution >= 0.6 is 0 Å². The van der Waals surface area contributed by atoms with Crippen molar-refractivity contribution in [2.45, 2.75) is 13.0 Å². The molecule has 1 aliphatic rings. The fourth-order valence-corrected chi connectivity index (χ4v) is 3.55. The van der Waals surface area contributed by atoms with Crippen molar-refractivity contribution in [3.8, 4) is 11.1 Å². The summed E-state index contributed by atoms with van der Waals surface area (Å²) in [5, 5.41) is 2.79. The number of halogens is 1. The number of pyridine rings is 1. The first-order chi connectivity index (χ1) is 14.1. The Morgan fingerprint density at radius 3 is 2.72 bits per heavy atom. The molecule has 5 rings (SSSR count). The van der Waals surface area contributed by atoms with Crippen LogP contribution in [0.4, 0.5) is 10.1 Å². The number of carbonyl (C=O) groups excluding carboxylic acids is 1. The van der Waals surface area contributed by atoms with Gasteiger partial charge in [0.1, 0.15) is 5.82 Å². The first-order valence-corrected chi connectivity index (χ1v) is 9.10. The summed E-state index contributed by atoms with van der Waals surface area (Å²) in [6.07, 6.45) is 3.27. The van der Waals surface area contributed by atoms with Crippen molar-refractivity contribution in [1.29, 1.82) is 0 Å². The van der Waals surface area contributed by atoms with Gasteiger partial charge in [0, 0.05) is 17.4 Å². The maximum atomic E-state index is 14.8. The number of fused-ring (bicyclic) bond motifs is 2. The zero-order valence-corrected chi connectivity index (χ0v) is 15.2. The van der Waals surface area contributed by atoms with Gasteiger partial charge in [-0.2, -0.15) is 0 Å². The average Bonchev–Trinajstić information content (AvgIpc) is 3.10. The van der Waals surface area contributed by atoms with Gasteiger partial charge in [0.05, 0.1) is 24.8 Å². The number of carbonyl (C=O) groups is 1. The summed E-state index contributed by atoms with van der Waals surface area (Å²) < 4.78 is 16.1. The van der Waals surface area contributed by atoms with E-state index in [1.54, 1.807) is 18.2 Å². The van der Waals surface area contributed by atoms with Crippen molar-refractivity contribution in [2.24, 2.45) is 0 Å². The molecule has 6 nitrogen and oxygen atoms in total. The molecule has 0 unspecified atom stereocenters. The molecule has 29 heavy (non-hydrogen) atoms. The number of nitrogens with one attached hydrogen (secondary N) is 1. The van der Waals surface area contributed by atoms with E-state index in [0.717, 1.165) is 16.8 Å². The minimum Gasteiger partial charge on any atom is -0.326 e. The highest BCUT2D eigenvalue weighted by Gasteiger charge is 2.18. The quantitative estimate of drug-likeness (QED) is 0.587. The normalized spacial score (nSPS) is 12.8. The summed E-state index contributed by atoms with van der Waals surface area (Å²) in [6, 6.07) is 13.9. The van der Waals surface area contributed by atoms with Crippen LogP contribution in [-0.4, -0.2) is 20.4 Å². The van der Waals surface area contributed by atoms with E-state index < -0.39 is 5.82 Å². The van der Waals surface area contributed by atoms with Crippen LogP contribution < -0.4 is 10.9 Å². The Labute approximate surface area is 164 Å². The fraction of sp³-hybridized carbons (Fsp3) is 0.0909. The third kappa shape index (κ3) is 3.06. The Kier molecular flexibility index (Phi) is 3.94. The predicted octanol–water partition coefficient (Wildman–Crippen LogP) is 3.14. The van der Waals surface area contributed by atoms with E-state index in [1.807, 2.05) is 24.3 Å². The molecule has 3 heterocycles. The summed E-state index contributed by atoms with van der Waals surface area (Å²) in [5.41, 5.74) is 4.08. The Balaban J connectivity index is 1.47. The molecule has 0 spiro atoms. The molecule has 2 aromatic heterocycles. The molecule has 2 aromatic carbocycles. The van der Waals surface area contributed by atoms with Crippen molar-refractivity contribution in [1.82, 2.24) is 14.5 Å². The number of rotatable bonds is 3. The van der Waals surface area contributed by atoms with Gasteiger partial charge in [0.2, 0.25) is 5.91 Å². The molecular weight excluding hydrogens is 371 g/mol. The van der Waals surface area contributed by atoms with Crippen LogP contribution in [0.5, 0.6) is 0 Å². The molecule has 0 saturated carbocycles. The smallest absolute Gasteiger partial charge is 0.280 e. The SMILES string of the molecule is O=C1Cc2cc(-c3ccc(Cn4cnc5cccnc5c4=O)c(F)c3)ccc2N1. The van der Waals surface area contributed by atoms with E-state index in [2.05, 4.69) is 15.3 Å². The number of aromatic nitrogens is 3. The summed E-state index contributed by atoms with van der Waals surface area (Å²) in [6.45, 7) is 0.0626. The van der Waals surface area contributed by atoms with E-state index >= 15 is 0 Å². The van der Waals surface area contributed by atoms with E-state index in [0.29, 0.717) is 23.1 Å². The van der Waals surface area contributed by atoms with Crippen LogP contribution in [0.25, 0.3) is 22.2 Å². The van der Waals surface area contributed by atoms with Gasteiger partial charge in [-0.1, -0.05) is 18.2 Å². The first-order valence-electron chi connectivity index (χ1n) is 9.10. The second kappa shape index (κ2) is 6.63. The van der Waals surface area contributed by atoms with Crippen molar-refractivity contribution in [3.05, 3.63) is 88.4 Å². The lowest BCUT2D eigenvalue weighted by atomic mass is 10.00. The van der Waals surface area contributed by atoms with E-state index in [4.69, 9.17) is 0 Å². The van der Waals surface area contributed by atoms with Crippen molar-refractivity contribution in [2.75, 3.05) is 5.32 Å². The summed E-state index contributed by atoms with van der Waals surface area (Å²) in [4.78, 5) is 32.4. The Hall–Kier alpha value is -3.87. The minimum absolute atomic E-state index is 0.0393. The third-order valence-corrected chi connectivity index (χ3v) is 5.04. The summed E-state index contributed by atoms with van der Waals surface area (Å²) in [7, 11) is 0. The van der Waals surface area contributed by atoms with Crippen LogP contribution in [0, 0.1) is 5.82 Å². The van der Waals surface area contributed by atoms with Crippen LogP contribution in [0.1, 0.15) is 11.1 Å². The van der Waals surface area contributed by atoms with Crippen molar-refractivity contribution in [3.63, 3.8) is 0 Å². The molecular formula is C22H15FN4O2. The lowest BCUT2D eigenvalue weighted by molar-refractivity contribution is -0.115. The van der Waals surface area contributed by atoms with Gasteiger partial charge in [0.25, 0.3) is 5.56 Å². The molecule has 4 aromatic rings. The molecule has 7 heteroatoms. The first kappa shape index (κ1) is 17.2. The van der Waals surface area contributed by atoms with Crippen LogP contribution in [0.3, 0.4) is 0 Å². The maximum Gasteiger partial charge on any atom is 0.280 e. The number of anilines is 1. The van der Waals surface area contributed by atoms with Gasteiger partial charge in [-0.15, -0.1) is 0 Å². The molecule has 1 amide bonds. The fourth-order valence-electron chi connectivity index (χ4n) is 3.55. The number of benzene rings is 2. The molecule has 0 bridgehead atoms. The molecule has 0 radical (unpaired) electrons. The number of hydrogen-bond acceptors (Lipinski definition) is 4. The third-order valence-electron chi connectivity index (χ3n) is 5.04. The van der Waals surface area contributed by atoms with E-state index in [-0.39, 0.29) is 23.5 Å². The number of hydrogen-bond donors (Lipinski definition) is 1. The Bertz CT molecular complexity index is 1350. The van der Waals surface area contributed by atoms with Gasteiger partial charge in [-0.3, -0.25) is 14.2 Å². The molecule has 0 saturated heterocycles. The van der Waals surface area contributed by atoms with Crippen LogP contribution in [0.15, 0.2) is 65.8 Å². The summed E-state index contributed by atoms with van der Waals surface area (Å²) in [5.74, 6) is -0.451. The lowest BCUT2D eigenvalue weighted by Crippen LogP contribution is -2.22. The minimum atomic E-state index is -0.412. The lowest BCUT2D eigenvalue weighted by Gasteiger charge is -2.10. The van der Waals surface area contributed by atoms with E-state index in [9.17, 15) is 14.0 Å². The average molecular weight is 386 g/mol. The van der Waals surface area contributed by atoms with Crippen molar-refractivity contribution < 1.29 is 9.18 Å². The molecule has 1 aliphatic heterocycles. The van der Waals surface area contributed by atoms with Gasteiger partial charge in [-0.25, -0.2) is 14.4 Å². The van der Waals surface area contributed by atoms with Crippen molar-refractivity contribution >= 4 is 22.6 Å². The molecule has 0 atom stereocenters. The van der Waals surface area contributed by atoms with Gasteiger partial charge < -0.3 is 5.32 Å². The second-order valence-corrected chi connectivity index (χ2v) is 6.95. The Morgan fingerprint density at radius 2 is 1.86 bits per heavy atom. The standard InChI is InChI=1S/C22H15FN4O2/c23-17-9-14(13-5-6-18-16(8-13)10-20(28)26-18)3-4-15(17)11-27-12-25-19-2-1-7-24-21(19)22(27)29/h1-9,12H,10-11H2,(H,26,28). The highest BCUT2D eigenvalue weighted by molar-refractivity contribution is 5.99. The van der Waals surface area contributed by atoms with E-state index in [1.165, 1.54) is 23.2 Å². The molecule has 1 N–H and O–H groups in total. The van der Waals surface area contributed by atoms with Gasteiger partial charge >= 0.3 is 0 Å². The number of nitrogens with zero attached hydrogens (tertiary/aromatic N) is 3. The molecule has 0 fully saturated rings. The van der Waals surface area contributed by atoms with Crippen LogP contribution in [0.2, 0.25) is 0 Å². The zero-order valence-electron chi connectivity index (χ0n) is 15.2. The number of amides is 1.